The lowest BCUT2D eigenvalue weighted by molar-refractivity contribution is -0.384. The minimum Gasteiger partial charge on any atom is -0.345 e. The van der Waals surface area contributed by atoms with Crippen molar-refractivity contribution < 1.29 is 261 Å². The molecule has 4 aliphatic rings. The minimum atomic E-state index is -6.86. The van der Waals surface area contributed by atoms with Crippen LogP contribution in [0, 0.1) is 0 Å². The van der Waals surface area contributed by atoms with Gasteiger partial charge in [0.25, 0.3) is 0 Å². The molecule has 5 rings (SSSR count). The predicted octanol–water partition coefficient (Wildman–Crippen LogP) is -9.77. The number of benzene rings is 1. The molecule has 1 aromatic rings. The van der Waals surface area contributed by atoms with Crippen molar-refractivity contribution >= 4 is 135 Å². The molecular formula is C31H48O60S13. The lowest BCUT2D eigenvalue weighted by Gasteiger charge is -2.51. The van der Waals surface area contributed by atoms with Crippen LogP contribution in [0.4, 0.5) is 0 Å². The Morgan fingerprint density at radius 1 is 0.240 bits per heavy atom. The summed E-state index contributed by atoms with van der Waals surface area (Å²) < 4.78 is 550. The molecule has 0 radical (unpaired) electrons. The van der Waals surface area contributed by atoms with Crippen molar-refractivity contribution in [2.75, 3.05) is 26.4 Å². The summed E-state index contributed by atoms with van der Waals surface area (Å²) in [6.07, 6.45) is -71.8. The highest BCUT2D eigenvalue weighted by Crippen LogP contribution is 2.42. The van der Waals surface area contributed by atoms with E-state index in [4.69, 9.17) is 37.9 Å². The van der Waals surface area contributed by atoms with Crippen LogP contribution in [0.15, 0.2) is 30.3 Å². The smallest absolute Gasteiger partial charge is 0.345 e. The fraction of sp³-hybridized carbons (Fsp3) is 0.806. The molecule has 0 bridgehead atoms. The van der Waals surface area contributed by atoms with Gasteiger partial charge in [-0.25, -0.2) is 54.4 Å². The van der Waals surface area contributed by atoms with Gasteiger partial charge in [-0.1, -0.05) is 30.3 Å². The summed E-state index contributed by atoms with van der Waals surface area (Å²) >= 11 is 0. The first-order valence-corrected chi connectivity index (χ1v) is 43.0. The van der Waals surface area contributed by atoms with E-state index in [1.54, 1.807) is 0 Å². The lowest BCUT2D eigenvalue weighted by Crippen LogP contribution is -2.70. The molecule has 73 heteroatoms. The first-order valence-electron chi connectivity index (χ1n) is 25.2. The molecule has 4 heterocycles. The second kappa shape index (κ2) is 34.4. The highest BCUT2D eigenvalue weighted by atomic mass is 32.3. The molecule has 104 heavy (non-hydrogen) atoms. The van der Waals surface area contributed by atoms with Crippen molar-refractivity contribution in [2.24, 2.45) is 0 Å². The molecule has 4 fully saturated rings. The number of hydrogen-bond donors (Lipinski definition) is 13. The number of hydrogen-bond acceptors (Lipinski definition) is 47. The van der Waals surface area contributed by atoms with E-state index in [-0.39, 0.29) is 5.56 Å². The maximum Gasteiger partial charge on any atom is 0.397 e. The SMILES string of the molecule is O=S(=O)(O)OC[C@H]1O[C@H](OCc2ccccc2)[C@@H](O[C@H]2O[C@H](COS(=O)(=O)O)[C@@H](OS(=O)(=O)O)[C@H](O[C@H]3O[C@H](COS(=O)(=O)O)[C@@H](OS(=O)(=O)O)[C@H](O[C@H]4O[C@H](COS(=O)(=O)O)[C@@H](OS(=O)(=O)O)[C@H](OS(=O)(=O)O)[C@@H]4OS(=O)(=O)O)[C@@H]3OS(=O)(=O)O)[C@@H]2OS(=O)(=O)O)[C@@H](OS(=O)(=O)O)[C@@H]1OS(=O)(=O)O. The van der Waals surface area contributed by atoms with Crippen LogP contribution in [0.5, 0.6) is 0 Å². The molecule has 4 saturated heterocycles. The van der Waals surface area contributed by atoms with E-state index in [1.165, 1.54) is 18.2 Å². The minimum absolute atomic E-state index is 0.0863. The van der Waals surface area contributed by atoms with E-state index in [0.29, 0.717) is 0 Å². The van der Waals surface area contributed by atoms with E-state index < -0.39 is 291 Å². The van der Waals surface area contributed by atoms with Crippen LogP contribution < -0.4 is 0 Å². The van der Waals surface area contributed by atoms with Gasteiger partial charge in [-0.3, -0.25) is 59.2 Å². The van der Waals surface area contributed by atoms with Crippen LogP contribution >= 0.6 is 0 Å². The van der Waals surface area contributed by atoms with Gasteiger partial charge in [-0.2, -0.15) is 109 Å². The Morgan fingerprint density at radius 2 is 0.442 bits per heavy atom. The summed E-state index contributed by atoms with van der Waals surface area (Å²) in [6, 6.07) is 6.13. The van der Waals surface area contributed by atoms with E-state index in [0.717, 1.165) is 12.1 Å². The van der Waals surface area contributed by atoms with Gasteiger partial charge in [-0.05, 0) is 5.56 Å². The molecule has 0 amide bonds. The molecule has 13 N–H and O–H groups in total. The van der Waals surface area contributed by atoms with Gasteiger partial charge in [0.1, 0.15) is 79.4 Å². The molecular weight excluding hydrogens is 1750 g/mol. The van der Waals surface area contributed by atoms with Crippen LogP contribution in [-0.4, -0.2) is 318 Å². The normalized spacial score (nSPS) is 31.7. The van der Waals surface area contributed by atoms with Crippen LogP contribution in [0.1, 0.15) is 5.56 Å². The Labute approximate surface area is 584 Å². The molecule has 0 unspecified atom stereocenters. The molecule has 60 nitrogen and oxygen atoms in total. The molecule has 20 atom stereocenters. The highest BCUT2D eigenvalue weighted by molar-refractivity contribution is 7.83. The number of ether oxygens (including phenoxy) is 8. The Morgan fingerprint density at radius 3 is 0.692 bits per heavy atom. The summed E-state index contributed by atoms with van der Waals surface area (Å²) in [5.74, 6) is 0. The third kappa shape index (κ3) is 32.6. The third-order valence-corrected chi connectivity index (χ3v) is 18.0. The second-order valence-corrected chi connectivity index (χ2v) is 33.3. The van der Waals surface area contributed by atoms with Crippen LogP contribution in [0.25, 0.3) is 0 Å². The molecule has 0 spiro atoms. The molecule has 610 valence electrons. The zero-order chi connectivity index (χ0) is 79.5. The van der Waals surface area contributed by atoms with E-state index in [9.17, 15) is 169 Å². The average molecular weight is 1800 g/mol. The molecule has 0 aliphatic carbocycles. The van der Waals surface area contributed by atoms with Crippen LogP contribution in [-0.2, 0) is 234 Å². The molecule has 0 aromatic heterocycles. The Hall–Kier alpha value is -2.79. The second-order valence-electron chi connectivity index (χ2n) is 19.5. The first-order chi connectivity index (χ1) is 46.6. The Balaban J connectivity index is 1.96. The van der Waals surface area contributed by atoms with Crippen molar-refractivity contribution in [3.8, 4) is 0 Å². The van der Waals surface area contributed by atoms with E-state index >= 15 is 0 Å². The van der Waals surface area contributed by atoms with Gasteiger partial charge < -0.3 is 37.9 Å². The number of rotatable bonds is 39. The monoisotopic (exact) mass is 1800 g/mol. The third-order valence-electron chi connectivity index (χ3n) is 12.1. The highest BCUT2D eigenvalue weighted by Gasteiger charge is 2.63. The van der Waals surface area contributed by atoms with Gasteiger partial charge in [0.05, 0.1) is 33.0 Å². The lowest BCUT2D eigenvalue weighted by atomic mass is 9.95. The fourth-order valence-corrected chi connectivity index (χ4v) is 14.8. The van der Waals surface area contributed by atoms with Crippen molar-refractivity contribution in [3.63, 3.8) is 0 Å². The summed E-state index contributed by atoms with van der Waals surface area (Å²) in [7, 11) is -83.6. The van der Waals surface area contributed by atoms with Crippen molar-refractivity contribution in [2.45, 2.75) is 129 Å². The predicted molar refractivity (Wildman–Crippen MR) is 298 cm³/mol. The zero-order valence-corrected chi connectivity index (χ0v) is 59.4. The summed E-state index contributed by atoms with van der Waals surface area (Å²) in [5.41, 5.74) is -0.0863. The largest absolute Gasteiger partial charge is 0.397 e. The zero-order valence-electron chi connectivity index (χ0n) is 48.8. The standard InChI is InChI=1S/C31H48O60S13/c32-92(33,34)72-7-12-16(83-96(44,45)46)20(81-31-27(91-104(68,69)70)23(88-101(59,60)61)19(86-99(53,54)55)15(79-31)10-75-95(41,42)43)25(89-102(62,63)64)29(77-12)80-21-17(84-97(47,48)49)13(8-73-93(35,36)37)78-30(26(21)90-103(65,66)67)82-24-22(87-100(56,57)58)18(85-98(50,51)52)14(9-74-94(38,39)40)76-28(24)71-6-11-4-2-1-3-5-11/h1-5,12-31H,6-10H2,(H,32,33,34)(H,35,36,37)(H,38,39,40)(H,41,42,43)(H,44,45,46)(H,47,48,49)(H,50,51,52)(H,53,54,55)(H,56,57,58)(H,59,60,61)(H,62,63,64)(H,65,66,67)(H,68,69,70)/t12-,13-,14-,15-,16-,17-,18-,19-,20+,21+,22+,23+,24+,25+,26+,27+,28+,29-,30-,31-/m1/s1. The van der Waals surface area contributed by atoms with Gasteiger partial charge in [-0.15, -0.1) is 0 Å². The van der Waals surface area contributed by atoms with Gasteiger partial charge in [0, 0.05) is 0 Å². The maximum absolute atomic E-state index is 13.1. The van der Waals surface area contributed by atoms with Crippen molar-refractivity contribution in [1.29, 1.82) is 0 Å². The summed E-state index contributed by atoms with van der Waals surface area (Å²) in [6.45, 7) is -9.89. The molecule has 0 saturated carbocycles. The van der Waals surface area contributed by atoms with Gasteiger partial charge >= 0.3 is 135 Å². The van der Waals surface area contributed by atoms with E-state index in [1.807, 2.05) is 0 Å². The summed E-state index contributed by atoms with van der Waals surface area (Å²) in [4.78, 5) is 0. The topological polar surface area (TPSA) is 901 Å². The quantitative estimate of drug-likeness (QED) is 0.0272. The average Bonchev–Trinajstić information content (AvgIpc) is 0.752. The van der Waals surface area contributed by atoms with Crippen molar-refractivity contribution in [1.82, 2.24) is 0 Å². The maximum atomic E-state index is 13.1. The van der Waals surface area contributed by atoms with E-state index in [2.05, 4.69) is 54.4 Å². The Kier molecular flexibility index (Phi) is 30.4. The Bertz CT molecular complexity index is 4710. The first kappa shape index (κ1) is 91.8. The van der Waals surface area contributed by atoms with Crippen LogP contribution in [0.2, 0.25) is 0 Å². The van der Waals surface area contributed by atoms with Gasteiger partial charge in [0.2, 0.25) is 0 Å². The van der Waals surface area contributed by atoms with Gasteiger partial charge in [0.15, 0.2) is 43.5 Å². The fourth-order valence-electron chi connectivity index (χ4n) is 9.05. The summed E-state index contributed by atoms with van der Waals surface area (Å²) in [5, 5.41) is 0. The molecule has 4 aliphatic heterocycles. The van der Waals surface area contributed by atoms with Crippen molar-refractivity contribution in [3.05, 3.63) is 35.9 Å². The van der Waals surface area contributed by atoms with Crippen LogP contribution in [0.3, 0.4) is 0 Å². The molecule has 1 aromatic carbocycles.